The molecule has 31 heavy (non-hydrogen) atoms. The van der Waals surface area contributed by atoms with Crippen LogP contribution in [0.25, 0.3) is 0 Å². The first kappa shape index (κ1) is 20.3. The van der Waals surface area contributed by atoms with E-state index in [2.05, 4.69) is 10.3 Å². The van der Waals surface area contributed by atoms with Gasteiger partial charge in [-0.1, -0.05) is 66.7 Å². The maximum Gasteiger partial charge on any atom is 0.232 e. The highest BCUT2D eigenvalue weighted by atomic mass is 19.1. The van der Waals surface area contributed by atoms with Crippen LogP contribution >= 0.6 is 0 Å². The van der Waals surface area contributed by atoms with Crippen LogP contribution in [0.1, 0.15) is 22.6 Å². The zero-order valence-electron chi connectivity index (χ0n) is 16.7. The van der Waals surface area contributed by atoms with E-state index in [1.54, 1.807) is 30.5 Å². The van der Waals surface area contributed by atoms with Crippen molar-refractivity contribution in [2.45, 2.75) is 12.5 Å². The van der Waals surface area contributed by atoms with Crippen molar-refractivity contribution in [1.29, 1.82) is 0 Å². The standard InChI is InChI=1S/C26H21FN2O2/c27-23-16-19(13-14-24(23)31-22-12-7-15-28-18-22)17-29-26(30)25(20-8-3-1-4-9-20)21-10-5-2-6-11-21/h1-16,18,25H,17H2,(H,29,30). The smallest absolute Gasteiger partial charge is 0.232 e. The number of ether oxygens (including phenoxy) is 1. The molecular formula is C26H21FN2O2. The Bertz CT molecular complexity index is 1100. The highest BCUT2D eigenvalue weighted by Crippen LogP contribution is 2.26. The lowest BCUT2D eigenvalue weighted by Gasteiger charge is -2.18. The first-order valence-corrected chi connectivity index (χ1v) is 9.94. The zero-order chi connectivity index (χ0) is 21.5. The Morgan fingerprint density at radius 2 is 1.58 bits per heavy atom. The van der Waals surface area contributed by atoms with E-state index in [1.807, 2.05) is 60.7 Å². The van der Waals surface area contributed by atoms with Crippen molar-refractivity contribution >= 4 is 5.91 Å². The summed E-state index contributed by atoms with van der Waals surface area (Å²) in [5.41, 5.74) is 2.44. The molecule has 1 heterocycles. The summed E-state index contributed by atoms with van der Waals surface area (Å²) in [5.74, 6) is -0.530. The Morgan fingerprint density at radius 1 is 0.903 bits per heavy atom. The SMILES string of the molecule is O=C(NCc1ccc(Oc2cccnc2)c(F)c1)C(c1ccccc1)c1ccccc1. The van der Waals surface area contributed by atoms with Gasteiger partial charge in [0, 0.05) is 12.7 Å². The quantitative estimate of drug-likeness (QED) is 0.438. The topological polar surface area (TPSA) is 51.2 Å². The van der Waals surface area contributed by atoms with Crippen molar-refractivity contribution in [2.75, 3.05) is 0 Å². The van der Waals surface area contributed by atoms with Gasteiger partial charge in [0.15, 0.2) is 11.6 Å². The lowest BCUT2D eigenvalue weighted by Crippen LogP contribution is -2.29. The molecule has 4 aromatic rings. The van der Waals surface area contributed by atoms with Crippen LogP contribution in [0.15, 0.2) is 103 Å². The maximum atomic E-state index is 14.5. The van der Waals surface area contributed by atoms with Gasteiger partial charge in [-0.15, -0.1) is 0 Å². The van der Waals surface area contributed by atoms with Gasteiger partial charge in [-0.3, -0.25) is 9.78 Å². The number of hydrogen-bond acceptors (Lipinski definition) is 3. The molecule has 0 fully saturated rings. The lowest BCUT2D eigenvalue weighted by molar-refractivity contribution is -0.121. The van der Waals surface area contributed by atoms with E-state index in [0.717, 1.165) is 11.1 Å². The van der Waals surface area contributed by atoms with E-state index in [9.17, 15) is 9.18 Å². The molecule has 0 saturated heterocycles. The van der Waals surface area contributed by atoms with Crippen molar-refractivity contribution in [3.63, 3.8) is 0 Å². The van der Waals surface area contributed by atoms with Crippen LogP contribution in [0.2, 0.25) is 0 Å². The first-order chi connectivity index (χ1) is 15.2. The molecule has 0 radical (unpaired) electrons. The lowest BCUT2D eigenvalue weighted by atomic mass is 9.90. The number of aromatic nitrogens is 1. The third-order valence-corrected chi connectivity index (χ3v) is 4.85. The highest BCUT2D eigenvalue weighted by Gasteiger charge is 2.22. The summed E-state index contributed by atoms with van der Waals surface area (Å²) in [5, 5.41) is 2.94. The van der Waals surface area contributed by atoms with Crippen LogP contribution in [-0.2, 0) is 11.3 Å². The second kappa shape index (κ2) is 9.67. The molecule has 154 valence electrons. The third kappa shape index (κ3) is 5.14. The fraction of sp³-hybridized carbons (Fsp3) is 0.0769. The summed E-state index contributed by atoms with van der Waals surface area (Å²) in [6.07, 6.45) is 3.13. The monoisotopic (exact) mass is 412 g/mol. The van der Waals surface area contributed by atoms with Gasteiger partial charge < -0.3 is 10.1 Å². The number of nitrogens with zero attached hydrogens (tertiary/aromatic N) is 1. The van der Waals surface area contributed by atoms with Gasteiger partial charge in [0.25, 0.3) is 0 Å². The molecule has 0 spiro atoms. The Hall–Kier alpha value is -3.99. The molecule has 0 aliphatic carbocycles. The molecule has 1 N–H and O–H groups in total. The molecule has 0 unspecified atom stereocenters. The average Bonchev–Trinajstić information content (AvgIpc) is 2.82. The largest absolute Gasteiger partial charge is 0.453 e. The molecule has 4 rings (SSSR count). The minimum absolute atomic E-state index is 0.106. The summed E-state index contributed by atoms with van der Waals surface area (Å²) in [6.45, 7) is 0.207. The number of carbonyl (C=O) groups excluding carboxylic acids is 1. The maximum absolute atomic E-state index is 14.5. The Labute approximate surface area is 180 Å². The Morgan fingerprint density at radius 3 is 2.16 bits per heavy atom. The van der Waals surface area contributed by atoms with Crippen LogP contribution < -0.4 is 10.1 Å². The second-order valence-corrected chi connectivity index (χ2v) is 7.03. The van der Waals surface area contributed by atoms with E-state index in [4.69, 9.17) is 4.74 Å². The van der Waals surface area contributed by atoms with E-state index in [-0.39, 0.29) is 18.2 Å². The molecular weight excluding hydrogens is 391 g/mol. The van der Waals surface area contributed by atoms with Crippen LogP contribution in [0.5, 0.6) is 11.5 Å². The van der Waals surface area contributed by atoms with Gasteiger partial charge >= 0.3 is 0 Å². The van der Waals surface area contributed by atoms with Gasteiger partial charge in [-0.05, 0) is 41.0 Å². The zero-order valence-corrected chi connectivity index (χ0v) is 16.7. The highest BCUT2D eigenvalue weighted by molar-refractivity contribution is 5.87. The number of halogens is 1. The predicted molar refractivity (Wildman–Crippen MR) is 117 cm³/mol. The summed E-state index contributed by atoms with van der Waals surface area (Å²) in [4.78, 5) is 17.0. The Balaban J connectivity index is 1.47. The molecule has 1 amide bonds. The van der Waals surface area contributed by atoms with Crippen LogP contribution in [0.4, 0.5) is 4.39 Å². The van der Waals surface area contributed by atoms with E-state index < -0.39 is 11.7 Å². The van der Waals surface area contributed by atoms with E-state index in [1.165, 1.54) is 12.3 Å². The molecule has 5 heteroatoms. The Kier molecular flexibility index (Phi) is 6.33. The number of rotatable bonds is 7. The number of amides is 1. The average molecular weight is 412 g/mol. The van der Waals surface area contributed by atoms with Gasteiger partial charge in [0.05, 0.1) is 12.1 Å². The van der Waals surface area contributed by atoms with Crippen molar-refractivity contribution in [2.24, 2.45) is 0 Å². The molecule has 0 saturated carbocycles. The van der Waals surface area contributed by atoms with Crippen LogP contribution in [-0.4, -0.2) is 10.9 Å². The normalized spacial score (nSPS) is 10.6. The summed E-state index contributed by atoms with van der Waals surface area (Å²) < 4.78 is 20.0. The van der Waals surface area contributed by atoms with Crippen molar-refractivity contribution in [3.05, 3.63) is 126 Å². The summed E-state index contributed by atoms with van der Waals surface area (Å²) >= 11 is 0. The molecule has 1 aromatic heterocycles. The molecule has 0 aliphatic rings. The third-order valence-electron chi connectivity index (χ3n) is 4.85. The van der Waals surface area contributed by atoms with Crippen molar-refractivity contribution in [3.8, 4) is 11.5 Å². The number of benzene rings is 3. The van der Waals surface area contributed by atoms with E-state index in [0.29, 0.717) is 11.3 Å². The fourth-order valence-corrected chi connectivity index (χ4v) is 3.35. The van der Waals surface area contributed by atoms with Gasteiger partial charge in [0.1, 0.15) is 5.75 Å². The van der Waals surface area contributed by atoms with Crippen molar-refractivity contribution in [1.82, 2.24) is 10.3 Å². The van der Waals surface area contributed by atoms with E-state index >= 15 is 0 Å². The van der Waals surface area contributed by atoms with Crippen LogP contribution in [0, 0.1) is 5.82 Å². The molecule has 4 nitrogen and oxygen atoms in total. The minimum atomic E-state index is -0.502. The number of hydrogen-bond donors (Lipinski definition) is 1. The second-order valence-electron chi connectivity index (χ2n) is 7.03. The summed E-state index contributed by atoms with van der Waals surface area (Å²) in [7, 11) is 0. The number of nitrogens with one attached hydrogen (secondary N) is 1. The van der Waals surface area contributed by atoms with Gasteiger partial charge in [-0.2, -0.15) is 0 Å². The molecule has 3 aromatic carbocycles. The number of carbonyl (C=O) groups is 1. The molecule has 0 bridgehead atoms. The van der Waals surface area contributed by atoms with Crippen molar-refractivity contribution < 1.29 is 13.9 Å². The first-order valence-electron chi connectivity index (χ1n) is 9.94. The fourth-order valence-electron chi connectivity index (χ4n) is 3.35. The predicted octanol–water partition coefficient (Wildman–Crippen LogP) is 5.46. The van der Waals surface area contributed by atoms with Gasteiger partial charge in [0.2, 0.25) is 5.91 Å². The van der Waals surface area contributed by atoms with Crippen LogP contribution in [0.3, 0.4) is 0 Å². The van der Waals surface area contributed by atoms with Gasteiger partial charge in [-0.25, -0.2) is 4.39 Å². The minimum Gasteiger partial charge on any atom is -0.453 e. The molecule has 0 aliphatic heterocycles. The summed E-state index contributed by atoms with van der Waals surface area (Å²) in [6, 6.07) is 27.3. The molecule has 0 atom stereocenters. The number of pyridine rings is 1.